The van der Waals surface area contributed by atoms with Gasteiger partial charge in [-0.3, -0.25) is 19.5 Å². The summed E-state index contributed by atoms with van der Waals surface area (Å²) in [6.07, 6.45) is 6.15. The van der Waals surface area contributed by atoms with Crippen molar-refractivity contribution >= 4 is 18.0 Å². The number of hydrogen-bond donors (Lipinski definition) is 2. The van der Waals surface area contributed by atoms with Crippen molar-refractivity contribution < 1.29 is 9.59 Å². The smallest absolute Gasteiger partial charge is 0.251 e. The van der Waals surface area contributed by atoms with Crippen LogP contribution >= 0.6 is 0 Å². The van der Waals surface area contributed by atoms with Gasteiger partial charge >= 0.3 is 0 Å². The van der Waals surface area contributed by atoms with Gasteiger partial charge in [0.05, 0.1) is 0 Å². The summed E-state index contributed by atoms with van der Waals surface area (Å²) in [6, 6.07) is 11.2. The predicted octanol–water partition coefficient (Wildman–Crippen LogP) is 2.04. The molecule has 1 aliphatic rings. The van der Waals surface area contributed by atoms with Crippen LogP contribution < -0.4 is 10.6 Å². The number of pyridine rings is 1. The SMILES string of the molecule is O=CNc1ccc(C(=O)NC2CCN(Cc3ccncc3)CC2)cc1. The number of nitrogens with zero attached hydrogens (tertiary/aromatic N) is 2. The molecule has 6 heteroatoms. The van der Waals surface area contributed by atoms with Crippen LogP contribution in [0.3, 0.4) is 0 Å². The maximum atomic E-state index is 12.3. The maximum Gasteiger partial charge on any atom is 0.251 e. The van der Waals surface area contributed by atoms with Gasteiger partial charge in [-0.05, 0) is 54.8 Å². The first-order chi connectivity index (χ1) is 12.2. The highest BCUT2D eigenvalue weighted by atomic mass is 16.1. The molecule has 2 amide bonds. The van der Waals surface area contributed by atoms with Crippen molar-refractivity contribution in [1.82, 2.24) is 15.2 Å². The molecule has 0 saturated carbocycles. The molecule has 0 bridgehead atoms. The van der Waals surface area contributed by atoms with Crippen molar-refractivity contribution in [1.29, 1.82) is 0 Å². The molecule has 0 radical (unpaired) electrons. The zero-order valence-corrected chi connectivity index (χ0v) is 14.0. The lowest BCUT2D eigenvalue weighted by Crippen LogP contribution is -2.44. The van der Waals surface area contributed by atoms with Crippen LogP contribution in [0.15, 0.2) is 48.8 Å². The third-order valence-electron chi connectivity index (χ3n) is 4.45. The molecule has 25 heavy (non-hydrogen) atoms. The van der Waals surface area contributed by atoms with E-state index < -0.39 is 0 Å². The Hall–Kier alpha value is -2.73. The lowest BCUT2D eigenvalue weighted by molar-refractivity contribution is -0.105. The molecule has 1 aliphatic heterocycles. The number of piperidine rings is 1. The molecule has 130 valence electrons. The number of likely N-dealkylation sites (tertiary alicyclic amines) is 1. The summed E-state index contributed by atoms with van der Waals surface area (Å²) in [5.41, 5.74) is 2.55. The van der Waals surface area contributed by atoms with E-state index >= 15 is 0 Å². The van der Waals surface area contributed by atoms with Gasteiger partial charge in [0.15, 0.2) is 0 Å². The number of benzene rings is 1. The van der Waals surface area contributed by atoms with E-state index in [1.165, 1.54) is 5.56 Å². The van der Waals surface area contributed by atoms with Gasteiger partial charge in [-0.2, -0.15) is 0 Å². The van der Waals surface area contributed by atoms with E-state index in [0.717, 1.165) is 32.5 Å². The molecule has 2 N–H and O–H groups in total. The minimum atomic E-state index is -0.0646. The van der Waals surface area contributed by atoms with E-state index in [-0.39, 0.29) is 11.9 Å². The first-order valence-electron chi connectivity index (χ1n) is 8.47. The largest absolute Gasteiger partial charge is 0.349 e. The average Bonchev–Trinajstić information content (AvgIpc) is 2.65. The number of hydrogen-bond acceptors (Lipinski definition) is 4. The van der Waals surface area contributed by atoms with Crippen molar-refractivity contribution in [2.24, 2.45) is 0 Å². The molecule has 1 aromatic carbocycles. The Kier molecular flexibility index (Phi) is 5.74. The van der Waals surface area contributed by atoms with Crippen molar-refractivity contribution in [2.45, 2.75) is 25.4 Å². The molecular formula is C19H22N4O2. The third-order valence-corrected chi connectivity index (χ3v) is 4.45. The minimum Gasteiger partial charge on any atom is -0.349 e. The molecule has 0 aliphatic carbocycles. The summed E-state index contributed by atoms with van der Waals surface area (Å²) in [7, 11) is 0. The van der Waals surface area contributed by atoms with Gasteiger partial charge in [-0.15, -0.1) is 0 Å². The highest BCUT2D eigenvalue weighted by Crippen LogP contribution is 2.15. The second-order valence-corrected chi connectivity index (χ2v) is 6.22. The summed E-state index contributed by atoms with van der Waals surface area (Å²) in [6.45, 7) is 2.86. The summed E-state index contributed by atoms with van der Waals surface area (Å²) >= 11 is 0. The first-order valence-corrected chi connectivity index (χ1v) is 8.47. The Labute approximate surface area is 147 Å². The second kappa shape index (κ2) is 8.39. The number of anilines is 1. The second-order valence-electron chi connectivity index (χ2n) is 6.22. The summed E-state index contributed by atoms with van der Waals surface area (Å²) in [4.78, 5) is 29.2. The van der Waals surface area contributed by atoms with Crippen molar-refractivity contribution in [3.63, 3.8) is 0 Å². The van der Waals surface area contributed by atoms with Crippen LogP contribution in [0.2, 0.25) is 0 Å². The van der Waals surface area contributed by atoms with Crippen molar-refractivity contribution in [3.05, 3.63) is 59.9 Å². The molecular weight excluding hydrogens is 316 g/mol. The summed E-state index contributed by atoms with van der Waals surface area (Å²) in [5, 5.41) is 5.66. The average molecular weight is 338 g/mol. The van der Waals surface area contributed by atoms with Crippen molar-refractivity contribution in [3.8, 4) is 0 Å². The summed E-state index contributed by atoms with van der Waals surface area (Å²) in [5.74, 6) is -0.0646. The monoisotopic (exact) mass is 338 g/mol. The Morgan fingerprint density at radius 3 is 2.44 bits per heavy atom. The standard InChI is InChI=1S/C19H22N4O2/c24-14-21-17-3-1-16(2-4-17)19(25)22-18-7-11-23(12-8-18)13-15-5-9-20-10-6-15/h1-6,9-10,14,18H,7-8,11-13H2,(H,21,24)(H,22,25). The fraction of sp³-hybridized carbons (Fsp3) is 0.316. The normalized spacial score (nSPS) is 15.5. The van der Waals surface area contributed by atoms with Gasteiger partial charge in [-0.1, -0.05) is 0 Å². The van der Waals surface area contributed by atoms with Crippen LogP contribution in [0.1, 0.15) is 28.8 Å². The van der Waals surface area contributed by atoms with E-state index in [2.05, 4.69) is 20.5 Å². The molecule has 0 unspecified atom stereocenters. The van der Waals surface area contributed by atoms with E-state index in [0.29, 0.717) is 17.7 Å². The molecule has 1 aromatic heterocycles. The molecule has 0 spiro atoms. The number of carbonyl (C=O) groups is 2. The van der Waals surface area contributed by atoms with E-state index in [1.54, 1.807) is 24.3 Å². The van der Waals surface area contributed by atoms with Gasteiger partial charge < -0.3 is 10.6 Å². The quantitative estimate of drug-likeness (QED) is 0.791. The molecule has 1 fully saturated rings. The van der Waals surface area contributed by atoms with Crippen LogP contribution in [0.4, 0.5) is 5.69 Å². The van der Waals surface area contributed by atoms with E-state index in [9.17, 15) is 9.59 Å². The van der Waals surface area contributed by atoms with Crippen molar-refractivity contribution in [2.75, 3.05) is 18.4 Å². The zero-order chi connectivity index (χ0) is 17.5. The van der Waals surface area contributed by atoms with Gasteiger partial charge in [0.25, 0.3) is 5.91 Å². The predicted molar refractivity (Wildman–Crippen MR) is 96.1 cm³/mol. The van der Waals surface area contributed by atoms with Gasteiger partial charge in [0.1, 0.15) is 0 Å². The highest BCUT2D eigenvalue weighted by molar-refractivity contribution is 5.94. The highest BCUT2D eigenvalue weighted by Gasteiger charge is 2.21. The Morgan fingerprint density at radius 2 is 1.80 bits per heavy atom. The molecule has 3 rings (SSSR count). The summed E-state index contributed by atoms with van der Waals surface area (Å²) < 4.78 is 0. The van der Waals surface area contributed by atoms with Gasteiger partial charge in [0, 0.05) is 49.3 Å². The third kappa shape index (κ3) is 4.87. The molecule has 2 aromatic rings. The molecule has 2 heterocycles. The fourth-order valence-electron chi connectivity index (χ4n) is 3.04. The Balaban J connectivity index is 1.46. The van der Waals surface area contributed by atoms with Gasteiger partial charge in [0.2, 0.25) is 6.41 Å². The topological polar surface area (TPSA) is 74.3 Å². The van der Waals surface area contributed by atoms with Crippen LogP contribution in [0, 0.1) is 0 Å². The number of aromatic nitrogens is 1. The molecule has 1 saturated heterocycles. The fourth-order valence-corrected chi connectivity index (χ4v) is 3.04. The molecule has 0 atom stereocenters. The number of amides is 2. The number of carbonyl (C=O) groups excluding carboxylic acids is 2. The maximum absolute atomic E-state index is 12.3. The van der Waals surface area contributed by atoms with E-state index in [4.69, 9.17) is 0 Å². The van der Waals surface area contributed by atoms with E-state index in [1.807, 2.05) is 24.5 Å². The lowest BCUT2D eigenvalue weighted by atomic mass is 10.0. The van der Waals surface area contributed by atoms with Crippen LogP contribution in [-0.4, -0.2) is 41.3 Å². The van der Waals surface area contributed by atoms with Crippen LogP contribution in [0.5, 0.6) is 0 Å². The lowest BCUT2D eigenvalue weighted by Gasteiger charge is -2.32. The molecule has 6 nitrogen and oxygen atoms in total. The Morgan fingerprint density at radius 1 is 1.12 bits per heavy atom. The first kappa shape index (κ1) is 17.1. The number of rotatable bonds is 6. The number of nitrogens with one attached hydrogen (secondary N) is 2. The van der Waals surface area contributed by atoms with Crippen LogP contribution in [0.25, 0.3) is 0 Å². The Bertz CT molecular complexity index is 695. The zero-order valence-electron chi connectivity index (χ0n) is 14.0. The van der Waals surface area contributed by atoms with Gasteiger partial charge in [-0.25, -0.2) is 0 Å². The minimum absolute atomic E-state index is 0.0646. The van der Waals surface area contributed by atoms with Crippen LogP contribution in [-0.2, 0) is 11.3 Å².